The molecule has 1 N–H and O–H groups in total. The third kappa shape index (κ3) is 4.31. The number of carbonyl (C=O) groups excluding carboxylic acids is 3. The van der Waals surface area contributed by atoms with Crippen LogP contribution in [0.4, 0.5) is 11.4 Å². The zero-order valence-electron chi connectivity index (χ0n) is 13.7. The summed E-state index contributed by atoms with van der Waals surface area (Å²) in [5.74, 6) is -0.578. The van der Waals surface area contributed by atoms with Gasteiger partial charge in [0.05, 0.1) is 0 Å². The molecule has 1 aromatic rings. The number of imide groups is 1. The molecule has 0 radical (unpaired) electrons. The number of nitrogens with zero attached hydrogens (tertiary/aromatic N) is 2. The van der Waals surface area contributed by atoms with Gasteiger partial charge in [0.1, 0.15) is 0 Å². The lowest BCUT2D eigenvalue weighted by Crippen LogP contribution is -2.32. The molecular formula is C17H23N3O3. The quantitative estimate of drug-likeness (QED) is 0.781. The van der Waals surface area contributed by atoms with Gasteiger partial charge >= 0.3 is 0 Å². The van der Waals surface area contributed by atoms with Crippen LogP contribution in [-0.4, -0.2) is 42.3 Å². The first-order valence-corrected chi connectivity index (χ1v) is 8.03. The highest BCUT2D eigenvalue weighted by molar-refractivity contribution is 6.02. The van der Waals surface area contributed by atoms with Crippen molar-refractivity contribution >= 4 is 29.1 Å². The fourth-order valence-corrected chi connectivity index (χ4v) is 2.65. The number of nitrogens with one attached hydrogen (secondary N) is 1. The highest BCUT2D eigenvalue weighted by Gasteiger charge is 2.28. The summed E-state index contributed by atoms with van der Waals surface area (Å²) in [4.78, 5) is 38.3. The molecule has 0 aromatic heterocycles. The summed E-state index contributed by atoms with van der Waals surface area (Å²) >= 11 is 0. The van der Waals surface area contributed by atoms with E-state index in [1.165, 1.54) is 4.90 Å². The van der Waals surface area contributed by atoms with Gasteiger partial charge in [-0.25, -0.2) is 0 Å². The number of benzene rings is 1. The maximum absolute atomic E-state index is 11.9. The summed E-state index contributed by atoms with van der Waals surface area (Å²) in [6, 6.07) is 7.65. The molecule has 3 amide bonds. The van der Waals surface area contributed by atoms with Crippen LogP contribution in [0.15, 0.2) is 24.3 Å². The summed E-state index contributed by atoms with van der Waals surface area (Å²) in [6.45, 7) is 6.21. The van der Waals surface area contributed by atoms with Gasteiger partial charge in [-0.15, -0.1) is 0 Å². The predicted octanol–water partition coefficient (Wildman–Crippen LogP) is 2.01. The van der Waals surface area contributed by atoms with E-state index in [-0.39, 0.29) is 43.5 Å². The Bertz CT molecular complexity index is 563. The monoisotopic (exact) mass is 317 g/mol. The van der Waals surface area contributed by atoms with Crippen LogP contribution >= 0.6 is 0 Å². The lowest BCUT2D eigenvalue weighted by atomic mass is 10.2. The first kappa shape index (κ1) is 17.0. The van der Waals surface area contributed by atoms with E-state index in [9.17, 15) is 14.4 Å². The van der Waals surface area contributed by atoms with Crippen LogP contribution in [0.2, 0.25) is 0 Å². The summed E-state index contributed by atoms with van der Waals surface area (Å²) in [6.07, 6.45) is 0.635. The Hall–Kier alpha value is -2.37. The van der Waals surface area contributed by atoms with Gasteiger partial charge in [0.15, 0.2) is 0 Å². The SMILES string of the molecule is CCN(CC)c1ccc(NC(=O)CCN2C(=O)CCC2=O)cc1. The van der Waals surface area contributed by atoms with Gasteiger partial charge in [0.2, 0.25) is 17.7 Å². The van der Waals surface area contributed by atoms with Crippen molar-refractivity contribution in [1.29, 1.82) is 0 Å². The highest BCUT2D eigenvalue weighted by Crippen LogP contribution is 2.18. The smallest absolute Gasteiger partial charge is 0.229 e. The second kappa shape index (κ2) is 7.76. The largest absolute Gasteiger partial charge is 0.372 e. The van der Waals surface area contributed by atoms with E-state index in [1.807, 2.05) is 24.3 Å². The molecule has 1 aliphatic heterocycles. The van der Waals surface area contributed by atoms with Crippen molar-refractivity contribution in [3.05, 3.63) is 24.3 Å². The van der Waals surface area contributed by atoms with Crippen molar-refractivity contribution in [1.82, 2.24) is 4.90 Å². The molecule has 0 saturated carbocycles. The summed E-state index contributed by atoms with van der Waals surface area (Å²) in [7, 11) is 0. The van der Waals surface area contributed by atoms with Crippen molar-refractivity contribution in [2.24, 2.45) is 0 Å². The number of anilines is 2. The maximum atomic E-state index is 11.9. The van der Waals surface area contributed by atoms with Crippen LogP contribution in [0, 0.1) is 0 Å². The van der Waals surface area contributed by atoms with Gasteiger partial charge < -0.3 is 10.2 Å². The minimum absolute atomic E-state index is 0.120. The summed E-state index contributed by atoms with van der Waals surface area (Å²) in [5, 5.41) is 2.79. The van der Waals surface area contributed by atoms with Crippen molar-refractivity contribution in [3.63, 3.8) is 0 Å². The Balaban J connectivity index is 1.85. The predicted molar refractivity (Wildman–Crippen MR) is 89.2 cm³/mol. The van der Waals surface area contributed by atoms with Gasteiger partial charge in [0.25, 0.3) is 0 Å². The Kier molecular flexibility index (Phi) is 5.73. The number of likely N-dealkylation sites (tertiary alicyclic amines) is 1. The molecule has 6 heteroatoms. The molecule has 23 heavy (non-hydrogen) atoms. The lowest BCUT2D eigenvalue weighted by molar-refractivity contribution is -0.138. The Morgan fingerprint density at radius 3 is 2.17 bits per heavy atom. The lowest BCUT2D eigenvalue weighted by Gasteiger charge is -2.21. The molecule has 0 bridgehead atoms. The van der Waals surface area contributed by atoms with Crippen LogP contribution in [0.3, 0.4) is 0 Å². The molecule has 1 fully saturated rings. The van der Waals surface area contributed by atoms with Crippen LogP contribution in [0.1, 0.15) is 33.1 Å². The standard InChI is InChI=1S/C17H23N3O3/c1-3-19(4-2)14-7-5-13(6-8-14)18-15(21)11-12-20-16(22)9-10-17(20)23/h5-8H,3-4,9-12H2,1-2H3,(H,18,21). The molecular weight excluding hydrogens is 294 g/mol. The Morgan fingerprint density at radius 2 is 1.65 bits per heavy atom. The molecule has 2 rings (SSSR count). The van der Waals surface area contributed by atoms with E-state index in [0.717, 1.165) is 18.8 Å². The maximum Gasteiger partial charge on any atom is 0.229 e. The zero-order chi connectivity index (χ0) is 16.8. The van der Waals surface area contributed by atoms with Crippen molar-refractivity contribution < 1.29 is 14.4 Å². The van der Waals surface area contributed by atoms with Gasteiger partial charge in [-0.2, -0.15) is 0 Å². The van der Waals surface area contributed by atoms with E-state index in [2.05, 4.69) is 24.1 Å². The van der Waals surface area contributed by atoms with E-state index in [1.54, 1.807) is 0 Å². The average molecular weight is 317 g/mol. The molecule has 0 aliphatic carbocycles. The third-order valence-electron chi connectivity index (χ3n) is 4.00. The third-order valence-corrected chi connectivity index (χ3v) is 4.00. The van der Waals surface area contributed by atoms with Gasteiger partial charge in [-0.3, -0.25) is 19.3 Å². The topological polar surface area (TPSA) is 69.7 Å². The normalized spacial score (nSPS) is 14.3. The van der Waals surface area contributed by atoms with Gasteiger partial charge in [0, 0.05) is 50.3 Å². The van der Waals surface area contributed by atoms with Gasteiger partial charge in [-0.1, -0.05) is 0 Å². The van der Waals surface area contributed by atoms with E-state index >= 15 is 0 Å². The second-order valence-electron chi connectivity index (χ2n) is 5.46. The van der Waals surface area contributed by atoms with E-state index < -0.39 is 0 Å². The molecule has 1 heterocycles. The number of hydrogen-bond acceptors (Lipinski definition) is 4. The zero-order valence-corrected chi connectivity index (χ0v) is 13.7. The second-order valence-corrected chi connectivity index (χ2v) is 5.46. The fraction of sp³-hybridized carbons (Fsp3) is 0.471. The van der Waals surface area contributed by atoms with Crippen molar-refractivity contribution in [2.75, 3.05) is 29.9 Å². The molecule has 6 nitrogen and oxygen atoms in total. The van der Waals surface area contributed by atoms with E-state index in [0.29, 0.717) is 5.69 Å². The minimum atomic E-state index is -0.201. The van der Waals surface area contributed by atoms with Crippen LogP contribution in [-0.2, 0) is 14.4 Å². The highest BCUT2D eigenvalue weighted by atomic mass is 16.2. The molecule has 0 atom stereocenters. The van der Waals surface area contributed by atoms with Crippen molar-refractivity contribution in [3.8, 4) is 0 Å². The van der Waals surface area contributed by atoms with E-state index in [4.69, 9.17) is 0 Å². The molecule has 0 spiro atoms. The molecule has 1 saturated heterocycles. The summed E-state index contributed by atoms with van der Waals surface area (Å²) in [5.41, 5.74) is 1.83. The average Bonchev–Trinajstić information content (AvgIpc) is 2.87. The van der Waals surface area contributed by atoms with Gasteiger partial charge in [-0.05, 0) is 38.1 Å². The fourth-order valence-electron chi connectivity index (χ4n) is 2.65. The Labute approximate surface area is 136 Å². The Morgan fingerprint density at radius 1 is 1.09 bits per heavy atom. The summed E-state index contributed by atoms with van der Waals surface area (Å²) < 4.78 is 0. The first-order valence-electron chi connectivity index (χ1n) is 8.03. The molecule has 1 aromatic carbocycles. The number of rotatable bonds is 7. The first-order chi connectivity index (χ1) is 11.0. The minimum Gasteiger partial charge on any atom is -0.372 e. The van der Waals surface area contributed by atoms with Crippen LogP contribution < -0.4 is 10.2 Å². The van der Waals surface area contributed by atoms with Crippen molar-refractivity contribution in [2.45, 2.75) is 33.1 Å². The number of amides is 3. The molecule has 1 aliphatic rings. The number of hydrogen-bond donors (Lipinski definition) is 1. The van der Waals surface area contributed by atoms with Crippen LogP contribution in [0.5, 0.6) is 0 Å². The molecule has 0 unspecified atom stereocenters. The molecule has 124 valence electrons. The number of carbonyl (C=O) groups is 3. The van der Waals surface area contributed by atoms with Crippen LogP contribution in [0.25, 0.3) is 0 Å².